The number of rotatable bonds is 0. The third-order valence-corrected chi connectivity index (χ3v) is 3.68. The molecule has 1 heterocycles. The third kappa shape index (κ3) is 2.01. The first-order valence-corrected chi connectivity index (χ1v) is 6.42. The first-order chi connectivity index (χ1) is 8.95. The lowest BCUT2D eigenvalue weighted by atomic mass is 9.79. The van der Waals surface area contributed by atoms with Crippen molar-refractivity contribution in [3.05, 3.63) is 47.5 Å². The molecular formula is C16H18N2O. The van der Waals surface area contributed by atoms with Gasteiger partial charge in [0.15, 0.2) is 0 Å². The molecule has 0 amide bonds. The van der Waals surface area contributed by atoms with Crippen molar-refractivity contribution in [1.82, 2.24) is 0 Å². The van der Waals surface area contributed by atoms with Crippen molar-refractivity contribution in [2.75, 3.05) is 11.5 Å². The highest BCUT2D eigenvalue weighted by atomic mass is 16.5. The van der Waals surface area contributed by atoms with E-state index < -0.39 is 0 Å². The molecule has 0 spiro atoms. The van der Waals surface area contributed by atoms with Gasteiger partial charge in [0.1, 0.15) is 11.5 Å². The van der Waals surface area contributed by atoms with Crippen LogP contribution in [0.3, 0.4) is 0 Å². The normalized spacial score (nSPS) is 15.9. The molecule has 98 valence electrons. The summed E-state index contributed by atoms with van der Waals surface area (Å²) >= 11 is 0. The summed E-state index contributed by atoms with van der Waals surface area (Å²) in [6.07, 6.45) is 0.902. The lowest BCUT2D eigenvalue weighted by Crippen LogP contribution is -2.19. The van der Waals surface area contributed by atoms with E-state index in [1.807, 2.05) is 36.4 Å². The van der Waals surface area contributed by atoms with Crippen LogP contribution in [0.5, 0.6) is 11.5 Å². The van der Waals surface area contributed by atoms with Gasteiger partial charge < -0.3 is 16.2 Å². The molecular weight excluding hydrogens is 236 g/mol. The summed E-state index contributed by atoms with van der Waals surface area (Å²) in [4.78, 5) is 0. The third-order valence-electron chi connectivity index (χ3n) is 3.68. The van der Waals surface area contributed by atoms with E-state index in [-0.39, 0.29) is 5.41 Å². The molecule has 0 aliphatic carbocycles. The van der Waals surface area contributed by atoms with Crippen LogP contribution in [0.2, 0.25) is 0 Å². The predicted molar refractivity (Wildman–Crippen MR) is 78.5 cm³/mol. The molecule has 2 aromatic carbocycles. The van der Waals surface area contributed by atoms with Gasteiger partial charge in [-0.1, -0.05) is 19.9 Å². The zero-order chi connectivity index (χ0) is 13.6. The van der Waals surface area contributed by atoms with Crippen LogP contribution in [0.15, 0.2) is 36.4 Å². The molecule has 0 saturated heterocycles. The number of anilines is 2. The number of hydrogen-bond acceptors (Lipinski definition) is 3. The van der Waals surface area contributed by atoms with Crippen molar-refractivity contribution < 1.29 is 4.74 Å². The Hall–Kier alpha value is -2.16. The molecule has 0 unspecified atom stereocenters. The van der Waals surface area contributed by atoms with Gasteiger partial charge in [-0.25, -0.2) is 0 Å². The van der Waals surface area contributed by atoms with E-state index in [1.54, 1.807) is 0 Å². The van der Waals surface area contributed by atoms with Crippen LogP contribution in [0, 0.1) is 0 Å². The number of hydrogen-bond donors (Lipinski definition) is 2. The quantitative estimate of drug-likeness (QED) is 0.707. The van der Waals surface area contributed by atoms with E-state index in [1.165, 1.54) is 5.56 Å². The minimum Gasteiger partial charge on any atom is -0.457 e. The van der Waals surface area contributed by atoms with Gasteiger partial charge >= 0.3 is 0 Å². The number of ether oxygens (including phenoxy) is 1. The van der Waals surface area contributed by atoms with Crippen molar-refractivity contribution in [3.63, 3.8) is 0 Å². The molecule has 3 nitrogen and oxygen atoms in total. The van der Waals surface area contributed by atoms with Gasteiger partial charge in [-0.05, 0) is 41.7 Å². The molecule has 1 aliphatic rings. The lowest BCUT2D eigenvalue weighted by Gasteiger charge is -2.24. The average molecular weight is 254 g/mol. The molecule has 0 radical (unpaired) electrons. The van der Waals surface area contributed by atoms with Gasteiger partial charge in [0.2, 0.25) is 0 Å². The van der Waals surface area contributed by atoms with Gasteiger partial charge in [-0.2, -0.15) is 0 Å². The van der Waals surface area contributed by atoms with Gasteiger partial charge in [-0.15, -0.1) is 0 Å². The van der Waals surface area contributed by atoms with Crippen molar-refractivity contribution in [3.8, 4) is 11.5 Å². The van der Waals surface area contributed by atoms with Crippen molar-refractivity contribution >= 4 is 11.4 Å². The molecule has 3 rings (SSSR count). The molecule has 19 heavy (non-hydrogen) atoms. The first kappa shape index (κ1) is 11.9. The Labute approximate surface area is 113 Å². The molecule has 0 fully saturated rings. The lowest BCUT2D eigenvalue weighted by molar-refractivity contribution is 0.471. The predicted octanol–water partition coefficient (Wildman–Crippen LogP) is 3.48. The fraction of sp³-hybridized carbons (Fsp3) is 0.250. The number of fused-ring (bicyclic) bond motifs is 2. The average Bonchev–Trinajstić information content (AvgIpc) is 2.44. The van der Waals surface area contributed by atoms with Crippen LogP contribution in [-0.4, -0.2) is 0 Å². The summed E-state index contributed by atoms with van der Waals surface area (Å²) in [6.45, 7) is 4.42. The monoisotopic (exact) mass is 254 g/mol. The van der Waals surface area contributed by atoms with Crippen molar-refractivity contribution in [2.24, 2.45) is 0 Å². The summed E-state index contributed by atoms with van der Waals surface area (Å²) in [7, 11) is 0. The maximum absolute atomic E-state index is 6.04. The van der Waals surface area contributed by atoms with Gasteiger partial charge in [0.25, 0.3) is 0 Å². The van der Waals surface area contributed by atoms with Crippen LogP contribution in [0.4, 0.5) is 11.4 Å². The second-order valence-electron chi connectivity index (χ2n) is 5.79. The molecule has 0 aromatic heterocycles. The summed E-state index contributed by atoms with van der Waals surface area (Å²) in [5.74, 6) is 1.71. The van der Waals surface area contributed by atoms with E-state index in [4.69, 9.17) is 16.2 Å². The Morgan fingerprint density at radius 3 is 2.42 bits per heavy atom. The Kier molecular flexibility index (Phi) is 2.45. The maximum Gasteiger partial charge on any atom is 0.132 e. The number of nitrogens with two attached hydrogens (primary N) is 2. The van der Waals surface area contributed by atoms with Gasteiger partial charge in [0, 0.05) is 23.0 Å². The van der Waals surface area contributed by atoms with Gasteiger partial charge in [0.05, 0.1) is 0 Å². The molecule has 4 N–H and O–H groups in total. The second-order valence-corrected chi connectivity index (χ2v) is 5.79. The smallest absolute Gasteiger partial charge is 0.132 e. The van der Waals surface area contributed by atoms with Crippen LogP contribution < -0.4 is 16.2 Å². The zero-order valence-electron chi connectivity index (χ0n) is 11.2. The maximum atomic E-state index is 6.04. The van der Waals surface area contributed by atoms with Crippen LogP contribution >= 0.6 is 0 Å². The Bertz CT molecular complexity index is 647. The fourth-order valence-electron chi connectivity index (χ4n) is 2.67. The van der Waals surface area contributed by atoms with Crippen LogP contribution in [0.25, 0.3) is 0 Å². The number of nitrogen functional groups attached to an aromatic ring is 2. The van der Waals surface area contributed by atoms with E-state index in [0.29, 0.717) is 0 Å². The number of benzene rings is 2. The Morgan fingerprint density at radius 1 is 0.947 bits per heavy atom. The highest BCUT2D eigenvalue weighted by molar-refractivity contribution is 5.57. The minimum absolute atomic E-state index is 0.0217. The zero-order valence-corrected chi connectivity index (χ0v) is 11.2. The summed E-state index contributed by atoms with van der Waals surface area (Å²) in [5, 5.41) is 0. The second kappa shape index (κ2) is 3.92. The van der Waals surface area contributed by atoms with E-state index >= 15 is 0 Å². The van der Waals surface area contributed by atoms with Gasteiger partial charge in [-0.3, -0.25) is 0 Å². The van der Waals surface area contributed by atoms with E-state index in [9.17, 15) is 0 Å². The highest BCUT2D eigenvalue weighted by Crippen LogP contribution is 2.43. The Balaban J connectivity index is 2.20. The summed E-state index contributed by atoms with van der Waals surface area (Å²) in [6, 6.07) is 11.7. The SMILES string of the molecule is CC1(C)Cc2ccc(N)cc2Oc2ccc(N)cc21. The standard InChI is InChI=1S/C16H18N2O/c1-16(2)9-10-3-4-12(18)8-15(10)19-14-6-5-11(17)7-13(14)16/h3-8H,9,17-18H2,1-2H3. The van der Waals surface area contributed by atoms with Crippen LogP contribution in [-0.2, 0) is 11.8 Å². The molecule has 0 bridgehead atoms. The topological polar surface area (TPSA) is 61.3 Å². The van der Waals surface area contributed by atoms with Crippen molar-refractivity contribution in [1.29, 1.82) is 0 Å². The van der Waals surface area contributed by atoms with E-state index in [0.717, 1.165) is 34.9 Å². The fourth-order valence-corrected chi connectivity index (χ4v) is 2.67. The molecule has 2 aromatic rings. The van der Waals surface area contributed by atoms with E-state index in [2.05, 4.69) is 13.8 Å². The minimum atomic E-state index is -0.0217. The molecule has 0 saturated carbocycles. The largest absolute Gasteiger partial charge is 0.457 e. The summed E-state index contributed by atoms with van der Waals surface area (Å²) in [5.41, 5.74) is 15.5. The highest BCUT2D eigenvalue weighted by Gasteiger charge is 2.30. The molecule has 1 aliphatic heterocycles. The molecule has 0 atom stereocenters. The van der Waals surface area contributed by atoms with Crippen molar-refractivity contribution in [2.45, 2.75) is 25.7 Å². The Morgan fingerprint density at radius 2 is 1.63 bits per heavy atom. The first-order valence-electron chi connectivity index (χ1n) is 6.42. The summed E-state index contributed by atoms with van der Waals surface area (Å²) < 4.78 is 6.04. The molecule has 3 heteroatoms. The van der Waals surface area contributed by atoms with Crippen LogP contribution in [0.1, 0.15) is 25.0 Å².